The molecule has 164 valence electrons. The van der Waals surface area contributed by atoms with Crippen molar-refractivity contribution in [1.82, 2.24) is 5.32 Å². The molecule has 0 bridgehead atoms. The highest BCUT2D eigenvalue weighted by molar-refractivity contribution is 9.10. The SMILES string of the molecule is O=C(CNC(=O)c1ccccc1OCC(=O)Nc1ccc(F)cc1)Nc1ccc(Br)cc1. The van der Waals surface area contributed by atoms with Gasteiger partial charge in [0, 0.05) is 15.8 Å². The van der Waals surface area contributed by atoms with Gasteiger partial charge < -0.3 is 20.7 Å². The Hall–Kier alpha value is -3.72. The van der Waals surface area contributed by atoms with Crippen LogP contribution in [0.15, 0.2) is 77.3 Å². The quantitative estimate of drug-likeness (QED) is 0.436. The van der Waals surface area contributed by atoms with Crippen molar-refractivity contribution in [3.63, 3.8) is 0 Å². The maximum atomic E-state index is 12.9. The number of carbonyl (C=O) groups excluding carboxylic acids is 3. The molecule has 7 nitrogen and oxygen atoms in total. The van der Waals surface area contributed by atoms with Crippen LogP contribution in [0.25, 0.3) is 0 Å². The largest absolute Gasteiger partial charge is 0.483 e. The van der Waals surface area contributed by atoms with Crippen LogP contribution in [0.4, 0.5) is 15.8 Å². The van der Waals surface area contributed by atoms with Gasteiger partial charge in [0.2, 0.25) is 5.91 Å². The standard InChI is InChI=1S/C23H19BrFN3O4/c24-15-5-9-17(10-6-15)27-21(29)13-26-23(31)19-3-1-2-4-20(19)32-14-22(30)28-18-11-7-16(25)8-12-18/h1-12H,13-14H2,(H,26,31)(H,27,29)(H,28,30). The summed E-state index contributed by atoms with van der Waals surface area (Å²) in [5.41, 5.74) is 1.20. The van der Waals surface area contributed by atoms with Gasteiger partial charge in [0.15, 0.2) is 6.61 Å². The van der Waals surface area contributed by atoms with Crippen molar-refractivity contribution < 1.29 is 23.5 Å². The molecule has 3 aromatic rings. The molecule has 3 rings (SSSR count). The van der Waals surface area contributed by atoms with E-state index in [9.17, 15) is 18.8 Å². The molecule has 0 aliphatic rings. The Morgan fingerprint density at radius 3 is 2.09 bits per heavy atom. The van der Waals surface area contributed by atoms with E-state index >= 15 is 0 Å². The maximum absolute atomic E-state index is 12.9. The predicted octanol–water partition coefficient (Wildman–Crippen LogP) is 3.97. The molecule has 32 heavy (non-hydrogen) atoms. The third-order valence-electron chi connectivity index (χ3n) is 4.16. The van der Waals surface area contributed by atoms with E-state index in [2.05, 4.69) is 31.9 Å². The number of nitrogens with one attached hydrogen (secondary N) is 3. The van der Waals surface area contributed by atoms with Gasteiger partial charge in [-0.2, -0.15) is 0 Å². The van der Waals surface area contributed by atoms with Crippen molar-refractivity contribution in [1.29, 1.82) is 0 Å². The minimum atomic E-state index is -0.523. The second-order valence-electron chi connectivity index (χ2n) is 6.58. The highest BCUT2D eigenvalue weighted by Crippen LogP contribution is 2.18. The van der Waals surface area contributed by atoms with Crippen molar-refractivity contribution in [2.45, 2.75) is 0 Å². The summed E-state index contributed by atoms with van der Waals surface area (Å²) < 4.78 is 19.3. The summed E-state index contributed by atoms with van der Waals surface area (Å²) >= 11 is 3.31. The van der Waals surface area contributed by atoms with Gasteiger partial charge in [-0.3, -0.25) is 14.4 Å². The van der Waals surface area contributed by atoms with Crippen LogP contribution in [0.5, 0.6) is 5.75 Å². The first-order valence-electron chi connectivity index (χ1n) is 9.51. The van der Waals surface area contributed by atoms with Crippen molar-refractivity contribution in [3.05, 3.63) is 88.6 Å². The lowest BCUT2D eigenvalue weighted by Gasteiger charge is -2.12. The zero-order chi connectivity index (χ0) is 22.9. The first-order valence-corrected chi connectivity index (χ1v) is 10.3. The van der Waals surface area contributed by atoms with Gasteiger partial charge in [-0.15, -0.1) is 0 Å². The lowest BCUT2D eigenvalue weighted by molar-refractivity contribution is -0.118. The van der Waals surface area contributed by atoms with Crippen molar-refractivity contribution >= 4 is 45.0 Å². The van der Waals surface area contributed by atoms with E-state index in [1.54, 1.807) is 42.5 Å². The van der Waals surface area contributed by atoms with Crippen LogP contribution in [0.3, 0.4) is 0 Å². The second kappa shape index (κ2) is 11.1. The third-order valence-corrected chi connectivity index (χ3v) is 4.68. The molecular weight excluding hydrogens is 481 g/mol. The van der Waals surface area contributed by atoms with E-state index in [1.165, 1.54) is 30.3 Å². The first-order chi connectivity index (χ1) is 15.4. The highest BCUT2D eigenvalue weighted by atomic mass is 79.9. The fourth-order valence-corrected chi connectivity index (χ4v) is 2.91. The van der Waals surface area contributed by atoms with Gasteiger partial charge in [0.1, 0.15) is 11.6 Å². The Kier molecular flexibility index (Phi) is 7.93. The topological polar surface area (TPSA) is 96.5 Å². The number of benzene rings is 3. The molecule has 0 saturated heterocycles. The molecular formula is C23H19BrFN3O4. The number of amides is 3. The average molecular weight is 500 g/mol. The summed E-state index contributed by atoms with van der Waals surface area (Å²) in [5, 5.41) is 7.77. The lowest BCUT2D eigenvalue weighted by Crippen LogP contribution is -2.33. The van der Waals surface area contributed by atoms with Crippen LogP contribution in [0, 0.1) is 5.82 Å². The number of carbonyl (C=O) groups is 3. The van der Waals surface area contributed by atoms with E-state index in [-0.39, 0.29) is 24.5 Å². The second-order valence-corrected chi connectivity index (χ2v) is 7.49. The van der Waals surface area contributed by atoms with Gasteiger partial charge in [-0.1, -0.05) is 28.1 Å². The zero-order valence-corrected chi connectivity index (χ0v) is 18.3. The Bertz CT molecular complexity index is 1100. The summed E-state index contributed by atoms with van der Waals surface area (Å²) in [7, 11) is 0. The zero-order valence-electron chi connectivity index (χ0n) is 16.7. The summed E-state index contributed by atoms with van der Waals surface area (Å²) in [4.78, 5) is 36.7. The van der Waals surface area contributed by atoms with Crippen molar-refractivity contribution in [2.75, 3.05) is 23.8 Å². The molecule has 0 atom stereocenters. The summed E-state index contributed by atoms with van der Waals surface area (Å²) in [6.45, 7) is -0.597. The molecule has 0 aliphatic heterocycles. The number of rotatable bonds is 8. The predicted molar refractivity (Wildman–Crippen MR) is 122 cm³/mol. The molecule has 3 amide bonds. The van der Waals surface area contributed by atoms with Crippen molar-refractivity contribution in [2.24, 2.45) is 0 Å². The average Bonchev–Trinajstić information content (AvgIpc) is 2.79. The Morgan fingerprint density at radius 1 is 0.812 bits per heavy atom. The van der Waals surface area contributed by atoms with Crippen LogP contribution in [0.1, 0.15) is 10.4 Å². The normalized spacial score (nSPS) is 10.2. The molecule has 3 N–H and O–H groups in total. The maximum Gasteiger partial charge on any atom is 0.262 e. The minimum absolute atomic E-state index is 0.179. The van der Waals surface area contributed by atoms with Crippen LogP contribution in [0.2, 0.25) is 0 Å². The third kappa shape index (κ3) is 6.92. The first kappa shape index (κ1) is 23.0. The number of ether oxygens (including phenoxy) is 1. The van der Waals surface area contributed by atoms with E-state index in [1.807, 2.05) is 0 Å². The molecule has 3 aromatic carbocycles. The summed E-state index contributed by atoms with van der Waals surface area (Å²) in [5.74, 6) is -1.61. The number of hydrogen-bond acceptors (Lipinski definition) is 4. The van der Waals surface area contributed by atoms with Gasteiger partial charge in [0.05, 0.1) is 12.1 Å². The molecule has 0 aliphatic carbocycles. The van der Waals surface area contributed by atoms with Gasteiger partial charge in [-0.25, -0.2) is 4.39 Å². The van der Waals surface area contributed by atoms with Gasteiger partial charge in [-0.05, 0) is 60.7 Å². The summed E-state index contributed by atoms with van der Waals surface area (Å²) in [6, 6.07) is 18.7. The van der Waals surface area contributed by atoms with E-state index < -0.39 is 23.5 Å². The Morgan fingerprint density at radius 2 is 1.41 bits per heavy atom. The summed E-state index contributed by atoms with van der Waals surface area (Å²) in [6.07, 6.45) is 0. The van der Waals surface area contributed by atoms with E-state index in [0.29, 0.717) is 11.4 Å². The molecule has 0 unspecified atom stereocenters. The lowest BCUT2D eigenvalue weighted by atomic mass is 10.2. The van der Waals surface area contributed by atoms with E-state index in [4.69, 9.17) is 4.74 Å². The minimum Gasteiger partial charge on any atom is -0.483 e. The number of anilines is 2. The molecule has 0 saturated carbocycles. The van der Waals surface area contributed by atoms with Gasteiger partial charge in [0.25, 0.3) is 11.8 Å². The number of hydrogen-bond donors (Lipinski definition) is 3. The monoisotopic (exact) mass is 499 g/mol. The van der Waals surface area contributed by atoms with E-state index in [0.717, 1.165) is 4.47 Å². The Labute approximate surface area is 192 Å². The molecule has 0 spiro atoms. The number of halogens is 2. The van der Waals surface area contributed by atoms with Crippen molar-refractivity contribution in [3.8, 4) is 5.75 Å². The molecule has 0 aromatic heterocycles. The Balaban J connectivity index is 1.52. The van der Waals surface area contributed by atoms with Crippen LogP contribution < -0.4 is 20.7 Å². The molecule has 0 radical (unpaired) electrons. The molecule has 0 fully saturated rings. The highest BCUT2D eigenvalue weighted by Gasteiger charge is 2.14. The van der Waals surface area contributed by atoms with Crippen LogP contribution in [-0.4, -0.2) is 30.9 Å². The van der Waals surface area contributed by atoms with Gasteiger partial charge >= 0.3 is 0 Å². The van der Waals surface area contributed by atoms with Crippen LogP contribution in [-0.2, 0) is 9.59 Å². The smallest absolute Gasteiger partial charge is 0.262 e. The van der Waals surface area contributed by atoms with Crippen LogP contribution >= 0.6 is 15.9 Å². The fraction of sp³-hybridized carbons (Fsp3) is 0.0870. The number of para-hydroxylation sites is 1. The molecule has 0 heterocycles. The fourth-order valence-electron chi connectivity index (χ4n) is 2.65. The molecule has 9 heteroatoms.